The Balaban J connectivity index is 2.30. The Bertz CT molecular complexity index is 414. The van der Waals surface area contributed by atoms with Crippen molar-refractivity contribution in [2.24, 2.45) is 0 Å². The zero-order chi connectivity index (χ0) is 11.7. The molecule has 0 aromatic heterocycles. The third-order valence-electron chi connectivity index (χ3n) is 3.23. The van der Waals surface area contributed by atoms with Gasteiger partial charge in [0.2, 0.25) is 0 Å². The van der Waals surface area contributed by atoms with E-state index in [-0.39, 0.29) is 6.42 Å². The van der Waals surface area contributed by atoms with Crippen molar-refractivity contribution in [2.75, 3.05) is 18.5 Å². The lowest BCUT2D eigenvalue weighted by molar-refractivity contribution is -0.136. The number of hydrogen-bond acceptors (Lipinski definition) is 2. The van der Waals surface area contributed by atoms with Crippen LogP contribution in [0.2, 0.25) is 0 Å². The average molecular weight is 219 g/mol. The largest absolute Gasteiger partial charge is 0.481 e. The van der Waals surface area contributed by atoms with Gasteiger partial charge in [-0.1, -0.05) is 19.1 Å². The van der Waals surface area contributed by atoms with Crippen LogP contribution in [-0.4, -0.2) is 24.7 Å². The monoisotopic (exact) mass is 219 g/mol. The first-order valence-electron chi connectivity index (χ1n) is 5.64. The van der Waals surface area contributed by atoms with Crippen molar-refractivity contribution in [1.82, 2.24) is 0 Å². The van der Waals surface area contributed by atoms with Crippen LogP contribution in [0.1, 0.15) is 30.4 Å². The van der Waals surface area contributed by atoms with E-state index in [1.54, 1.807) is 0 Å². The van der Waals surface area contributed by atoms with E-state index >= 15 is 0 Å². The number of carboxylic acid groups (broad SMARTS) is 1. The number of aryl methyl sites for hydroxylation is 1. The Hall–Kier alpha value is -1.51. The number of aliphatic carboxylic acids is 1. The van der Waals surface area contributed by atoms with E-state index in [0.29, 0.717) is 12.3 Å². The molecule has 2 rings (SSSR count). The molecule has 1 heterocycles. The molecule has 0 spiro atoms. The van der Waals surface area contributed by atoms with Gasteiger partial charge in [0.15, 0.2) is 0 Å². The summed E-state index contributed by atoms with van der Waals surface area (Å²) in [4.78, 5) is 12.8. The maximum Gasteiger partial charge on any atom is 0.303 e. The van der Waals surface area contributed by atoms with Gasteiger partial charge in [0.05, 0.1) is 0 Å². The molecule has 3 heteroatoms. The molecular formula is C13H17NO2. The van der Waals surface area contributed by atoms with Gasteiger partial charge in [0.25, 0.3) is 0 Å². The number of benzene rings is 1. The van der Waals surface area contributed by atoms with Crippen LogP contribution in [-0.2, 0) is 11.2 Å². The summed E-state index contributed by atoms with van der Waals surface area (Å²) in [6, 6.07) is 6.19. The van der Waals surface area contributed by atoms with Crippen LogP contribution >= 0.6 is 0 Å². The second-order valence-electron chi connectivity index (χ2n) is 4.53. The maximum absolute atomic E-state index is 10.6. The van der Waals surface area contributed by atoms with Gasteiger partial charge in [-0.15, -0.1) is 0 Å². The van der Waals surface area contributed by atoms with Gasteiger partial charge in [0.1, 0.15) is 0 Å². The third kappa shape index (κ3) is 1.90. The summed E-state index contributed by atoms with van der Waals surface area (Å²) in [6.45, 7) is 3.23. The summed E-state index contributed by atoms with van der Waals surface area (Å²) in [6.07, 6.45) is 0.851. The summed E-state index contributed by atoms with van der Waals surface area (Å²) >= 11 is 0. The molecule has 3 nitrogen and oxygen atoms in total. The average Bonchev–Trinajstić information content (AvgIpc) is 2.52. The second kappa shape index (κ2) is 4.16. The van der Waals surface area contributed by atoms with E-state index in [1.807, 2.05) is 6.07 Å². The highest BCUT2D eigenvalue weighted by molar-refractivity contribution is 5.68. The van der Waals surface area contributed by atoms with E-state index in [2.05, 4.69) is 31.0 Å². The molecule has 1 N–H and O–H groups in total. The predicted molar refractivity (Wildman–Crippen MR) is 64.1 cm³/mol. The van der Waals surface area contributed by atoms with Crippen LogP contribution in [0, 0.1) is 0 Å². The number of anilines is 1. The molecule has 1 aliphatic rings. The van der Waals surface area contributed by atoms with Gasteiger partial charge in [0, 0.05) is 31.6 Å². The smallest absolute Gasteiger partial charge is 0.303 e. The summed E-state index contributed by atoms with van der Waals surface area (Å²) in [5, 5.41) is 8.73. The standard InChI is InChI=1S/C13H17NO2/c1-9-8-14(2)11-5-3-4-10(13(9)11)6-7-12(15)16/h3-5,9H,6-8H2,1-2H3,(H,15,16). The maximum atomic E-state index is 10.6. The lowest BCUT2D eigenvalue weighted by atomic mass is 9.94. The predicted octanol–water partition coefficient (Wildman–Crippen LogP) is 2.26. The molecule has 0 amide bonds. The summed E-state index contributed by atoms with van der Waals surface area (Å²) < 4.78 is 0. The highest BCUT2D eigenvalue weighted by atomic mass is 16.4. The van der Waals surface area contributed by atoms with Gasteiger partial charge < -0.3 is 10.0 Å². The molecule has 16 heavy (non-hydrogen) atoms. The number of nitrogens with zero attached hydrogens (tertiary/aromatic N) is 1. The third-order valence-corrected chi connectivity index (χ3v) is 3.23. The fourth-order valence-corrected chi connectivity index (χ4v) is 2.56. The van der Waals surface area contributed by atoms with Crippen LogP contribution in [0.15, 0.2) is 18.2 Å². The molecule has 1 aromatic rings. The van der Waals surface area contributed by atoms with Crippen molar-refractivity contribution in [3.05, 3.63) is 29.3 Å². The number of fused-ring (bicyclic) bond motifs is 1. The van der Waals surface area contributed by atoms with E-state index in [4.69, 9.17) is 5.11 Å². The van der Waals surface area contributed by atoms with Crippen LogP contribution in [0.5, 0.6) is 0 Å². The quantitative estimate of drug-likeness (QED) is 0.847. The Labute approximate surface area is 95.7 Å². The number of hydrogen-bond donors (Lipinski definition) is 1. The van der Waals surface area contributed by atoms with Crippen LogP contribution in [0.25, 0.3) is 0 Å². The van der Waals surface area contributed by atoms with E-state index in [0.717, 1.165) is 6.54 Å². The molecule has 0 saturated heterocycles. The number of rotatable bonds is 3. The van der Waals surface area contributed by atoms with Crippen molar-refractivity contribution in [3.8, 4) is 0 Å². The van der Waals surface area contributed by atoms with Crippen molar-refractivity contribution in [2.45, 2.75) is 25.7 Å². The summed E-state index contributed by atoms with van der Waals surface area (Å²) in [5.74, 6) is -0.221. The van der Waals surface area contributed by atoms with Gasteiger partial charge in [-0.25, -0.2) is 0 Å². The molecular weight excluding hydrogens is 202 g/mol. The van der Waals surface area contributed by atoms with Crippen molar-refractivity contribution < 1.29 is 9.90 Å². The number of carboxylic acids is 1. The van der Waals surface area contributed by atoms with E-state index < -0.39 is 5.97 Å². The van der Waals surface area contributed by atoms with E-state index in [9.17, 15) is 4.79 Å². The SMILES string of the molecule is CC1CN(C)c2cccc(CCC(=O)O)c21. The first-order chi connectivity index (χ1) is 7.59. The zero-order valence-corrected chi connectivity index (χ0v) is 9.73. The molecule has 0 bridgehead atoms. The summed E-state index contributed by atoms with van der Waals surface area (Å²) in [5.41, 5.74) is 3.79. The molecule has 0 saturated carbocycles. The lowest BCUT2D eigenvalue weighted by Crippen LogP contribution is -2.13. The highest BCUT2D eigenvalue weighted by Gasteiger charge is 2.25. The Morgan fingerprint density at radius 2 is 2.31 bits per heavy atom. The van der Waals surface area contributed by atoms with Crippen molar-refractivity contribution >= 4 is 11.7 Å². The molecule has 1 unspecified atom stereocenters. The first-order valence-corrected chi connectivity index (χ1v) is 5.64. The molecule has 0 radical (unpaired) electrons. The molecule has 86 valence electrons. The molecule has 1 atom stereocenters. The molecule has 1 aliphatic heterocycles. The minimum atomic E-state index is -0.725. The Kier molecular flexibility index (Phi) is 2.86. The topological polar surface area (TPSA) is 40.5 Å². The molecule has 1 aromatic carbocycles. The minimum Gasteiger partial charge on any atom is -0.481 e. The van der Waals surface area contributed by atoms with E-state index in [1.165, 1.54) is 16.8 Å². The van der Waals surface area contributed by atoms with Crippen LogP contribution < -0.4 is 4.90 Å². The normalized spacial score (nSPS) is 18.6. The fourth-order valence-electron chi connectivity index (χ4n) is 2.56. The number of likely N-dealkylation sites (N-methyl/N-ethyl adjacent to an activating group) is 1. The van der Waals surface area contributed by atoms with Crippen molar-refractivity contribution in [3.63, 3.8) is 0 Å². The minimum absolute atomic E-state index is 0.215. The lowest BCUT2D eigenvalue weighted by Gasteiger charge is -2.12. The molecule has 0 fully saturated rings. The number of carbonyl (C=O) groups is 1. The van der Waals surface area contributed by atoms with Gasteiger partial charge in [-0.2, -0.15) is 0 Å². The fraction of sp³-hybridized carbons (Fsp3) is 0.462. The van der Waals surface area contributed by atoms with Crippen LogP contribution in [0.3, 0.4) is 0 Å². The van der Waals surface area contributed by atoms with Gasteiger partial charge in [-0.05, 0) is 23.6 Å². The Morgan fingerprint density at radius 1 is 1.56 bits per heavy atom. The highest BCUT2D eigenvalue weighted by Crippen LogP contribution is 2.37. The second-order valence-corrected chi connectivity index (χ2v) is 4.53. The van der Waals surface area contributed by atoms with Gasteiger partial charge >= 0.3 is 5.97 Å². The molecule has 0 aliphatic carbocycles. The van der Waals surface area contributed by atoms with Gasteiger partial charge in [-0.3, -0.25) is 4.79 Å². The summed E-state index contributed by atoms with van der Waals surface area (Å²) in [7, 11) is 2.09. The van der Waals surface area contributed by atoms with Crippen molar-refractivity contribution in [1.29, 1.82) is 0 Å². The first kappa shape index (κ1) is 11.0. The zero-order valence-electron chi connectivity index (χ0n) is 9.73. The Morgan fingerprint density at radius 3 is 3.00 bits per heavy atom. The van der Waals surface area contributed by atoms with Crippen LogP contribution in [0.4, 0.5) is 5.69 Å².